The van der Waals surface area contributed by atoms with Crippen LogP contribution in [0.15, 0.2) is 59.6 Å². The van der Waals surface area contributed by atoms with Gasteiger partial charge in [-0.25, -0.2) is 0 Å². The standard InChI is InChI=1S/C18H23N3OS/c1-18(2,23-3)13-20-17(19)21-14-8-7-11-16(12-14)22-15-9-5-4-6-10-15/h4-12H,13H2,1-3H3,(H3,19,20,21). The van der Waals surface area contributed by atoms with E-state index in [1.54, 1.807) is 11.8 Å². The number of nitrogens with one attached hydrogen (secondary N) is 1. The quantitative estimate of drug-likeness (QED) is 0.611. The van der Waals surface area contributed by atoms with Crippen molar-refractivity contribution < 1.29 is 4.74 Å². The molecule has 23 heavy (non-hydrogen) atoms. The minimum absolute atomic E-state index is 0.0740. The average molecular weight is 329 g/mol. The van der Waals surface area contributed by atoms with Crippen LogP contribution in [0.1, 0.15) is 13.8 Å². The highest BCUT2D eigenvalue weighted by Gasteiger charge is 2.14. The summed E-state index contributed by atoms with van der Waals surface area (Å²) in [5.41, 5.74) is 6.81. The molecular formula is C18H23N3OS. The zero-order valence-electron chi connectivity index (χ0n) is 13.7. The molecule has 0 aliphatic heterocycles. The molecule has 2 aromatic rings. The number of ether oxygens (including phenoxy) is 1. The van der Waals surface area contributed by atoms with Gasteiger partial charge in [0, 0.05) is 16.5 Å². The lowest BCUT2D eigenvalue weighted by Gasteiger charge is -2.19. The molecule has 3 N–H and O–H groups in total. The molecule has 2 rings (SSSR count). The van der Waals surface area contributed by atoms with Gasteiger partial charge in [-0.2, -0.15) is 11.8 Å². The van der Waals surface area contributed by atoms with Gasteiger partial charge in [0.1, 0.15) is 11.5 Å². The molecule has 0 unspecified atom stereocenters. The molecule has 0 saturated heterocycles. The van der Waals surface area contributed by atoms with Gasteiger partial charge in [-0.3, -0.25) is 4.99 Å². The summed E-state index contributed by atoms with van der Waals surface area (Å²) in [7, 11) is 0. The van der Waals surface area contributed by atoms with Crippen molar-refractivity contribution in [2.75, 3.05) is 18.1 Å². The van der Waals surface area contributed by atoms with Crippen LogP contribution in [0.25, 0.3) is 0 Å². The number of aliphatic imine (C=N–C) groups is 1. The normalized spacial score (nSPS) is 12.0. The van der Waals surface area contributed by atoms with Crippen molar-refractivity contribution in [1.82, 2.24) is 0 Å². The minimum atomic E-state index is 0.0740. The van der Waals surface area contributed by atoms with Crippen LogP contribution >= 0.6 is 11.8 Å². The second-order valence-electron chi connectivity index (χ2n) is 5.73. The van der Waals surface area contributed by atoms with E-state index in [1.165, 1.54) is 0 Å². The van der Waals surface area contributed by atoms with Gasteiger partial charge in [-0.15, -0.1) is 0 Å². The van der Waals surface area contributed by atoms with E-state index in [0.29, 0.717) is 12.5 Å². The number of thioether (sulfide) groups is 1. The van der Waals surface area contributed by atoms with Crippen LogP contribution in [-0.4, -0.2) is 23.5 Å². The highest BCUT2D eigenvalue weighted by molar-refractivity contribution is 7.99. The van der Waals surface area contributed by atoms with Crippen molar-refractivity contribution in [3.05, 3.63) is 54.6 Å². The Morgan fingerprint density at radius 2 is 1.83 bits per heavy atom. The maximum absolute atomic E-state index is 5.96. The van der Waals surface area contributed by atoms with Crippen LogP contribution < -0.4 is 15.8 Å². The van der Waals surface area contributed by atoms with Gasteiger partial charge < -0.3 is 15.8 Å². The monoisotopic (exact) mass is 329 g/mol. The lowest BCUT2D eigenvalue weighted by molar-refractivity contribution is 0.483. The first-order valence-corrected chi connectivity index (χ1v) is 8.66. The van der Waals surface area contributed by atoms with Crippen molar-refractivity contribution >= 4 is 23.4 Å². The predicted molar refractivity (Wildman–Crippen MR) is 101 cm³/mol. The van der Waals surface area contributed by atoms with E-state index in [9.17, 15) is 0 Å². The van der Waals surface area contributed by atoms with Gasteiger partial charge in [-0.05, 0) is 44.4 Å². The molecule has 0 fully saturated rings. The Kier molecular flexibility index (Phi) is 5.93. The second-order valence-corrected chi connectivity index (χ2v) is 7.25. The number of benzene rings is 2. The van der Waals surface area contributed by atoms with Crippen LogP contribution in [-0.2, 0) is 0 Å². The Hall–Kier alpha value is -2.14. The fraction of sp³-hybridized carbons (Fsp3) is 0.278. The molecule has 0 aromatic heterocycles. The van der Waals surface area contributed by atoms with E-state index >= 15 is 0 Å². The zero-order chi connectivity index (χ0) is 16.7. The first-order chi connectivity index (χ1) is 11.0. The summed E-state index contributed by atoms with van der Waals surface area (Å²) < 4.78 is 5.88. The van der Waals surface area contributed by atoms with Gasteiger partial charge in [0.15, 0.2) is 5.96 Å². The van der Waals surface area contributed by atoms with E-state index in [0.717, 1.165) is 17.2 Å². The molecule has 0 heterocycles. The van der Waals surface area contributed by atoms with Gasteiger partial charge in [0.2, 0.25) is 0 Å². The number of para-hydroxylation sites is 1. The molecule has 2 aromatic carbocycles. The molecule has 0 aliphatic carbocycles. The third-order valence-corrected chi connectivity index (χ3v) is 4.50. The van der Waals surface area contributed by atoms with Crippen molar-refractivity contribution in [2.45, 2.75) is 18.6 Å². The predicted octanol–water partition coefficient (Wildman–Crippen LogP) is 4.35. The molecule has 5 heteroatoms. The first-order valence-electron chi connectivity index (χ1n) is 7.43. The van der Waals surface area contributed by atoms with Crippen LogP contribution in [0.2, 0.25) is 0 Å². The van der Waals surface area contributed by atoms with Gasteiger partial charge >= 0.3 is 0 Å². The summed E-state index contributed by atoms with van der Waals surface area (Å²) in [5.74, 6) is 1.95. The third kappa shape index (κ3) is 5.87. The van der Waals surface area contributed by atoms with E-state index < -0.39 is 0 Å². The van der Waals surface area contributed by atoms with Gasteiger partial charge in [0.05, 0.1) is 6.54 Å². The number of nitrogens with zero attached hydrogens (tertiary/aromatic N) is 1. The number of anilines is 1. The number of nitrogens with two attached hydrogens (primary N) is 1. The number of guanidine groups is 1. The Morgan fingerprint density at radius 1 is 1.13 bits per heavy atom. The van der Waals surface area contributed by atoms with Crippen LogP contribution in [0.5, 0.6) is 11.5 Å². The Bertz CT molecular complexity index is 656. The highest BCUT2D eigenvalue weighted by Crippen LogP contribution is 2.24. The third-order valence-electron chi connectivity index (χ3n) is 3.27. The Labute approximate surface area is 142 Å². The maximum Gasteiger partial charge on any atom is 0.193 e. The van der Waals surface area contributed by atoms with Crippen molar-refractivity contribution in [3.8, 4) is 11.5 Å². The SMILES string of the molecule is CSC(C)(C)CN=C(N)Nc1cccc(Oc2ccccc2)c1. The summed E-state index contributed by atoms with van der Waals surface area (Å²) in [6.45, 7) is 4.94. The van der Waals surface area contributed by atoms with Gasteiger partial charge in [-0.1, -0.05) is 24.3 Å². The minimum Gasteiger partial charge on any atom is -0.457 e. The van der Waals surface area contributed by atoms with Gasteiger partial charge in [0.25, 0.3) is 0 Å². The summed E-state index contributed by atoms with van der Waals surface area (Å²) in [4.78, 5) is 4.40. The number of hydrogen-bond donors (Lipinski definition) is 2. The largest absolute Gasteiger partial charge is 0.457 e. The lowest BCUT2D eigenvalue weighted by Crippen LogP contribution is -2.27. The Morgan fingerprint density at radius 3 is 2.52 bits per heavy atom. The fourth-order valence-electron chi connectivity index (χ4n) is 1.79. The molecule has 0 saturated carbocycles. The molecule has 0 atom stereocenters. The molecule has 0 amide bonds. The fourth-order valence-corrected chi connectivity index (χ4v) is 1.98. The first kappa shape index (κ1) is 17.2. The molecule has 0 aliphatic rings. The topological polar surface area (TPSA) is 59.6 Å². The summed E-state index contributed by atoms with van der Waals surface area (Å²) in [6, 6.07) is 17.3. The molecule has 0 spiro atoms. The van der Waals surface area contributed by atoms with Crippen LogP contribution in [0.3, 0.4) is 0 Å². The molecular weight excluding hydrogens is 306 g/mol. The van der Waals surface area contributed by atoms with Crippen molar-refractivity contribution in [1.29, 1.82) is 0 Å². The smallest absolute Gasteiger partial charge is 0.193 e. The molecule has 4 nitrogen and oxygen atoms in total. The lowest BCUT2D eigenvalue weighted by atomic mass is 10.2. The van der Waals surface area contributed by atoms with Crippen molar-refractivity contribution in [3.63, 3.8) is 0 Å². The molecule has 0 bridgehead atoms. The summed E-state index contributed by atoms with van der Waals surface area (Å²) >= 11 is 1.77. The zero-order valence-corrected chi connectivity index (χ0v) is 14.6. The summed E-state index contributed by atoms with van der Waals surface area (Å²) in [5, 5.41) is 3.10. The van der Waals surface area contributed by atoms with Crippen molar-refractivity contribution in [2.24, 2.45) is 10.7 Å². The Balaban J connectivity index is 2.01. The number of rotatable bonds is 6. The molecule has 122 valence electrons. The second kappa shape index (κ2) is 7.92. The maximum atomic E-state index is 5.96. The molecule has 0 radical (unpaired) electrons. The van der Waals surface area contributed by atoms with E-state index in [2.05, 4.69) is 30.4 Å². The number of hydrogen-bond acceptors (Lipinski definition) is 3. The van der Waals surface area contributed by atoms with Crippen LogP contribution in [0.4, 0.5) is 5.69 Å². The van der Waals surface area contributed by atoms with Crippen LogP contribution in [0, 0.1) is 0 Å². The highest BCUT2D eigenvalue weighted by atomic mass is 32.2. The van der Waals surface area contributed by atoms with E-state index in [1.807, 2.05) is 54.6 Å². The van der Waals surface area contributed by atoms with E-state index in [4.69, 9.17) is 10.5 Å². The summed E-state index contributed by atoms with van der Waals surface area (Å²) in [6.07, 6.45) is 2.07. The van der Waals surface area contributed by atoms with E-state index in [-0.39, 0.29) is 4.75 Å². The average Bonchev–Trinajstić information content (AvgIpc) is 2.54.